The van der Waals surface area contributed by atoms with Crippen molar-refractivity contribution in [2.75, 3.05) is 11.9 Å². The summed E-state index contributed by atoms with van der Waals surface area (Å²) in [5, 5.41) is 1.15. The maximum Gasteiger partial charge on any atom is 0.129 e. The highest BCUT2D eigenvalue weighted by molar-refractivity contribution is 7.80. The molecular formula is C14H17N3S. The van der Waals surface area contributed by atoms with E-state index in [-0.39, 0.29) is 6.04 Å². The Balaban J connectivity index is 2.27. The topological polar surface area (TPSA) is 42.1 Å². The zero-order chi connectivity index (χ0) is 13.1. The molecule has 0 saturated heterocycles. The number of nitrogens with two attached hydrogens (primary N) is 1. The molecule has 4 heteroatoms. The van der Waals surface area contributed by atoms with Crippen molar-refractivity contribution < 1.29 is 0 Å². The highest BCUT2D eigenvalue weighted by atomic mass is 32.1. The molecule has 1 heterocycles. The van der Waals surface area contributed by atoms with E-state index in [1.807, 2.05) is 31.3 Å². The average molecular weight is 259 g/mol. The molecule has 3 nitrogen and oxygen atoms in total. The van der Waals surface area contributed by atoms with E-state index in [4.69, 9.17) is 18.0 Å². The van der Waals surface area contributed by atoms with E-state index in [1.54, 1.807) is 0 Å². The van der Waals surface area contributed by atoms with Crippen LogP contribution in [0.3, 0.4) is 0 Å². The van der Waals surface area contributed by atoms with Gasteiger partial charge in [0.1, 0.15) is 5.82 Å². The van der Waals surface area contributed by atoms with Gasteiger partial charge in [0.25, 0.3) is 0 Å². The smallest absolute Gasteiger partial charge is 0.129 e. The van der Waals surface area contributed by atoms with Gasteiger partial charge in [0, 0.05) is 24.9 Å². The fourth-order valence-electron chi connectivity index (χ4n) is 1.91. The van der Waals surface area contributed by atoms with Gasteiger partial charge in [-0.1, -0.05) is 30.4 Å². The molecule has 0 fully saturated rings. The molecule has 0 amide bonds. The van der Waals surface area contributed by atoms with Gasteiger partial charge in [0.05, 0.1) is 10.5 Å². The average Bonchev–Trinajstić information content (AvgIpc) is 2.36. The van der Waals surface area contributed by atoms with Gasteiger partial charge in [-0.15, -0.1) is 0 Å². The number of thiocarbonyl (C=S) groups is 1. The molecule has 2 N–H and O–H groups in total. The highest BCUT2D eigenvalue weighted by Crippen LogP contribution is 2.19. The minimum atomic E-state index is 0.246. The first-order chi connectivity index (χ1) is 8.58. The lowest BCUT2D eigenvalue weighted by molar-refractivity contribution is 0.707. The third kappa shape index (κ3) is 2.76. The normalized spacial score (nSPS) is 12.3. The van der Waals surface area contributed by atoms with Gasteiger partial charge >= 0.3 is 0 Å². The quantitative estimate of drug-likeness (QED) is 0.857. The lowest BCUT2D eigenvalue weighted by Gasteiger charge is -2.25. The molecule has 0 aliphatic heterocycles. The minimum Gasteiger partial charge on any atom is -0.393 e. The van der Waals surface area contributed by atoms with Crippen LogP contribution in [0.15, 0.2) is 36.4 Å². The lowest BCUT2D eigenvalue weighted by atomic mass is 10.2. The molecular weight excluding hydrogens is 242 g/mol. The molecule has 1 unspecified atom stereocenters. The van der Waals surface area contributed by atoms with Crippen molar-refractivity contribution in [1.29, 1.82) is 0 Å². The number of aromatic nitrogens is 1. The van der Waals surface area contributed by atoms with Crippen LogP contribution in [0, 0.1) is 0 Å². The second-order valence-electron chi connectivity index (χ2n) is 4.49. The number of hydrogen-bond donors (Lipinski definition) is 1. The van der Waals surface area contributed by atoms with Crippen molar-refractivity contribution in [2.24, 2.45) is 5.73 Å². The Labute approximate surface area is 113 Å². The molecule has 2 aromatic rings. The van der Waals surface area contributed by atoms with E-state index < -0.39 is 0 Å². The van der Waals surface area contributed by atoms with Gasteiger partial charge in [-0.2, -0.15) is 0 Å². The second kappa shape index (κ2) is 5.31. The van der Waals surface area contributed by atoms with E-state index in [0.29, 0.717) is 11.4 Å². The highest BCUT2D eigenvalue weighted by Gasteiger charge is 2.12. The van der Waals surface area contributed by atoms with Gasteiger partial charge in [-0.3, -0.25) is 0 Å². The standard InChI is InChI=1S/C14H17N3S/c1-10(9-13(15)18)17(2)14-8-7-11-5-3-4-6-12(11)16-14/h3-8,10H,9H2,1-2H3,(H2,15,18). The predicted octanol–water partition coefficient (Wildman–Crippen LogP) is 2.74. The van der Waals surface area contributed by atoms with Crippen molar-refractivity contribution in [1.82, 2.24) is 4.98 Å². The molecule has 0 aliphatic carbocycles. The zero-order valence-electron chi connectivity index (χ0n) is 10.6. The predicted molar refractivity (Wildman–Crippen MR) is 81.0 cm³/mol. The molecule has 1 aromatic carbocycles. The summed E-state index contributed by atoms with van der Waals surface area (Å²) in [7, 11) is 2.01. The van der Waals surface area contributed by atoms with E-state index in [9.17, 15) is 0 Å². The second-order valence-corrected chi connectivity index (χ2v) is 5.02. The Hall–Kier alpha value is -1.68. The lowest BCUT2D eigenvalue weighted by Crippen LogP contribution is -2.33. The van der Waals surface area contributed by atoms with Crippen LogP contribution in [-0.2, 0) is 0 Å². The summed E-state index contributed by atoms with van der Waals surface area (Å²) >= 11 is 4.95. The van der Waals surface area contributed by atoms with Gasteiger partial charge in [0.15, 0.2) is 0 Å². The number of rotatable bonds is 4. The largest absolute Gasteiger partial charge is 0.393 e. The SMILES string of the molecule is CC(CC(N)=S)N(C)c1ccc2ccccc2n1. The first-order valence-corrected chi connectivity index (χ1v) is 6.35. The van der Waals surface area contributed by atoms with Crippen LogP contribution in [0.1, 0.15) is 13.3 Å². The van der Waals surface area contributed by atoms with E-state index in [2.05, 4.69) is 28.9 Å². The summed E-state index contributed by atoms with van der Waals surface area (Å²) in [6.45, 7) is 2.09. The third-order valence-electron chi connectivity index (χ3n) is 3.10. The van der Waals surface area contributed by atoms with Crippen molar-refractivity contribution in [3.8, 4) is 0 Å². The van der Waals surface area contributed by atoms with Crippen LogP contribution in [-0.4, -0.2) is 23.1 Å². The summed E-state index contributed by atoms with van der Waals surface area (Å²) in [5.41, 5.74) is 6.59. The van der Waals surface area contributed by atoms with Crippen LogP contribution in [0.4, 0.5) is 5.82 Å². The van der Waals surface area contributed by atoms with Crippen molar-refractivity contribution in [2.45, 2.75) is 19.4 Å². The maximum absolute atomic E-state index is 5.58. The molecule has 18 heavy (non-hydrogen) atoms. The van der Waals surface area contributed by atoms with Crippen LogP contribution >= 0.6 is 12.2 Å². The molecule has 0 bridgehead atoms. The number of pyridine rings is 1. The van der Waals surface area contributed by atoms with Crippen molar-refractivity contribution in [3.63, 3.8) is 0 Å². The molecule has 2 rings (SSSR count). The zero-order valence-corrected chi connectivity index (χ0v) is 11.4. The molecule has 94 valence electrons. The molecule has 0 radical (unpaired) electrons. The van der Waals surface area contributed by atoms with E-state index >= 15 is 0 Å². The van der Waals surface area contributed by atoms with E-state index in [0.717, 1.165) is 16.7 Å². The summed E-state index contributed by atoms with van der Waals surface area (Å²) in [6.07, 6.45) is 0.695. The Morgan fingerprint density at radius 2 is 2.06 bits per heavy atom. The number of para-hydroxylation sites is 1. The molecule has 0 spiro atoms. The summed E-state index contributed by atoms with van der Waals surface area (Å²) in [6, 6.07) is 12.5. The first-order valence-electron chi connectivity index (χ1n) is 5.95. The first kappa shape index (κ1) is 12.8. The summed E-state index contributed by atoms with van der Waals surface area (Å²) in [4.78, 5) is 7.29. The molecule has 1 atom stereocenters. The van der Waals surface area contributed by atoms with Gasteiger partial charge < -0.3 is 10.6 Å². The molecule has 0 aliphatic rings. The summed E-state index contributed by atoms with van der Waals surface area (Å²) < 4.78 is 0. The Morgan fingerprint density at radius 1 is 1.33 bits per heavy atom. The monoisotopic (exact) mass is 259 g/mol. The van der Waals surface area contributed by atoms with Gasteiger partial charge in [-0.25, -0.2) is 4.98 Å². The van der Waals surface area contributed by atoms with Crippen LogP contribution in [0.2, 0.25) is 0 Å². The van der Waals surface area contributed by atoms with Gasteiger partial charge in [-0.05, 0) is 25.1 Å². The fraction of sp³-hybridized carbons (Fsp3) is 0.286. The Bertz CT molecular complexity index is 568. The van der Waals surface area contributed by atoms with Crippen LogP contribution in [0.25, 0.3) is 10.9 Å². The minimum absolute atomic E-state index is 0.246. The Kier molecular flexibility index (Phi) is 3.77. The number of fused-ring (bicyclic) bond motifs is 1. The number of benzene rings is 1. The third-order valence-corrected chi connectivity index (χ3v) is 3.27. The van der Waals surface area contributed by atoms with Crippen LogP contribution in [0.5, 0.6) is 0 Å². The number of hydrogen-bond acceptors (Lipinski definition) is 3. The van der Waals surface area contributed by atoms with E-state index in [1.165, 1.54) is 0 Å². The van der Waals surface area contributed by atoms with Crippen molar-refractivity contribution in [3.05, 3.63) is 36.4 Å². The number of nitrogens with zero attached hydrogens (tertiary/aromatic N) is 2. The van der Waals surface area contributed by atoms with Gasteiger partial charge in [0.2, 0.25) is 0 Å². The molecule has 1 aromatic heterocycles. The van der Waals surface area contributed by atoms with Crippen LogP contribution < -0.4 is 10.6 Å². The molecule has 0 saturated carbocycles. The maximum atomic E-state index is 5.58. The fourth-order valence-corrected chi connectivity index (χ4v) is 2.15. The Morgan fingerprint density at radius 3 is 2.78 bits per heavy atom. The summed E-state index contributed by atoms with van der Waals surface area (Å²) in [5.74, 6) is 0.942. The van der Waals surface area contributed by atoms with Crippen molar-refractivity contribution >= 4 is 33.9 Å². The number of anilines is 1.